The molecule has 2 heterocycles. The molecule has 0 saturated carbocycles. The molecule has 0 aromatic carbocycles. The van der Waals surface area contributed by atoms with Crippen LogP contribution in [-0.2, 0) is 4.74 Å². The summed E-state index contributed by atoms with van der Waals surface area (Å²) in [5.74, 6) is 0.419. The van der Waals surface area contributed by atoms with Crippen molar-refractivity contribution in [3.8, 4) is 0 Å². The summed E-state index contributed by atoms with van der Waals surface area (Å²) in [6.07, 6.45) is 5.11. The fourth-order valence-corrected chi connectivity index (χ4v) is 4.28. The van der Waals surface area contributed by atoms with Crippen LogP contribution in [0, 0.1) is 6.92 Å². The van der Waals surface area contributed by atoms with Gasteiger partial charge in [0.15, 0.2) is 5.65 Å². The first-order chi connectivity index (χ1) is 11.8. The van der Waals surface area contributed by atoms with Gasteiger partial charge in [-0.15, -0.1) is 11.6 Å². The van der Waals surface area contributed by atoms with Crippen LogP contribution in [-0.4, -0.2) is 37.3 Å². The highest BCUT2D eigenvalue weighted by atomic mass is 79.9. The molecule has 1 aliphatic rings. The molecule has 0 bridgehead atoms. The first-order valence-electron chi connectivity index (χ1n) is 8.12. The highest BCUT2D eigenvalue weighted by molar-refractivity contribution is 9.11. The Hall–Kier alpha value is -1.44. The van der Waals surface area contributed by atoms with Gasteiger partial charge in [-0.05, 0) is 33.3 Å². The normalized spacial score (nSPS) is 25.0. The van der Waals surface area contributed by atoms with Crippen molar-refractivity contribution >= 4 is 44.4 Å². The van der Waals surface area contributed by atoms with Crippen LogP contribution >= 0.6 is 27.5 Å². The minimum Gasteiger partial charge on any atom is -0.383 e. The molecule has 25 heavy (non-hydrogen) atoms. The number of ether oxygens (including phenoxy) is 1. The third-order valence-corrected chi connectivity index (χ3v) is 6.31. The smallest absolute Gasteiger partial charge is 0.163 e. The summed E-state index contributed by atoms with van der Waals surface area (Å²) < 4.78 is 8.74. The Morgan fingerprint density at radius 1 is 1.44 bits per heavy atom. The Kier molecular flexibility index (Phi) is 4.92. The van der Waals surface area contributed by atoms with Crippen LogP contribution in [0.5, 0.6) is 0 Å². The number of anilines is 1. The van der Waals surface area contributed by atoms with E-state index < -0.39 is 4.87 Å². The lowest BCUT2D eigenvalue weighted by atomic mass is 9.87. The number of halogens is 2. The van der Waals surface area contributed by atoms with Gasteiger partial charge in [-0.3, -0.25) is 0 Å². The molecular formula is C17H21BrClN5O. The molecule has 0 radical (unpaired) electrons. The van der Waals surface area contributed by atoms with Gasteiger partial charge in [0.25, 0.3) is 0 Å². The van der Waals surface area contributed by atoms with E-state index in [2.05, 4.69) is 31.0 Å². The largest absolute Gasteiger partial charge is 0.383 e. The second-order valence-electron chi connectivity index (χ2n) is 6.19. The summed E-state index contributed by atoms with van der Waals surface area (Å²) in [4.78, 5) is 7.62. The van der Waals surface area contributed by atoms with Gasteiger partial charge in [0.05, 0.1) is 17.1 Å². The topological polar surface area (TPSA) is 78.9 Å². The molecule has 2 aromatic rings. The molecule has 0 fully saturated rings. The third-order valence-electron chi connectivity index (χ3n) is 4.63. The maximum absolute atomic E-state index is 7.10. The number of nitrogen functional groups attached to an aromatic ring is 1. The van der Waals surface area contributed by atoms with E-state index in [9.17, 15) is 0 Å². The van der Waals surface area contributed by atoms with E-state index in [4.69, 9.17) is 22.1 Å². The van der Waals surface area contributed by atoms with Crippen molar-refractivity contribution in [1.29, 1.82) is 0 Å². The lowest BCUT2D eigenvalue weighted by Gasteiger charge is -2.40. The van der Waals surface area contributed by atoms with Crippen molar-refractivity contribution in [3.05, 3.63) is 34.2 Å². The monoisotopic (exact) mass is 425 g/mol. The van der Waals surface area contributed by atoms with Gasteiger partial charge >= 0.3 is 0 Å². The average molecular weight is 427 g/mol. The van der Waals surface area contributed by atoms with Crippen molar-refractivity contribution in [2.45, 2.75) is 44.7 Å². The summed E-state index contributed by atoms with van der Waals surface area (Å²) in [6.45, 7) is 8.43. The minimum absolute atomic E-state index is 0.229. The number of aromatic nitrogens is 4. The number of allylic oxidation sites excluding steroid dienone is 2. The SMILES string of the molecule is CCOC1C(Br)=C(C)C=CC1(Cl)C(C)n1nc(C)c2c(N)ncnc21. The maximum atomic E-state index is 7.10. The predicted molar refractivity (Wildman–Crippen MR) is 104 cm³/mol. The second kappa shape index (κ2) is 6.70. The third kappa shape index (κ3) is 2.88. The number of nitrogens with zero attached hydrogens (tertiary/aromatic N) is 4. The molecule has 3 atom stereocenters. The molecule has 2 N–H and O–H groups in total. The van der Waals surface area contributed by atoms with Gasteiger partial charge < -0.3 is 10.5 Å². The van der Waals surface area contributed by atoms with Gasteiger partial charge in [-0.1, -0.05) is 28.1 Å². The molecular weight excluding hydrogens is 406 g/mol. The maximum Gasteiger partial charge on any atom is 0.163 e. The van der Waals surface area contributed by atoms with Crippen LogP contribution < -0.4 is 5.73 Å². The van der Waals surface area contributed by atoms with Crippen molar-refractivity contribution < 1.29 is 4.74 Å². The van der Waals surface area contributed by atoms with Crippen molar-refractivity contribution in [3.63, 3.8) is 0 Å². The number of fused-ring (bicyclic) bond motifs is 1. The molecule has 8 heteroatoms. The molecule has 6 nitrogen and oxygen atoms in total. The van der Waals surface area contributed by atoms with Gasteiger partial charge in [0.1, 0.15) is 23.1 Å². The molecule has 3 rings (SSSR count). The van der Waals surface area contributed by atoms with Gasteiger partial charge in [-0.25, -0.2) is 14.6 Å². The van der Waals surface area contributed by atoms with Crippen LogP contribution in [0.15, 0.2) is 28.5 Å². The first-order valence-corrected chi connectivity index (χ1v) is 9.29. The molecule has 0 amide bonds. The summed E-state index contributed by atoms with van der Waals surface area (Å²) in [5, 5.41) is 5.40. The zero-order valence-corrected chi connectivity index (χ0v) is 17.0. The minimum atomic E-state index is -0.820. The van der Waals surface area contributed by atoms with E-state index in [1.807, 2.05) is 44.5 Å². The summed E-state index contributed by atoms with van der Waals surface area (Å²) in [5.41, 5.74) is 8.55. The Morgan fingerprint density at radius 2 is 2.16 bits per heavy atom. The number of hydrogen-bond acceptors (Lipinski definition) is 5. The summed E-state index contributed by atoms with van der Waals surface area (Å²) in [7, 11) is 0. The van der Waals surface area contributed by atoms with Crippen LogP contribution in [0.4, 0.5) is 5.82 Å². The van der Waals surface area contributed by atoms with Crippen molar-refractivity contribution in [2.75, 3.05) is 12.3 Å². The lowest BCUT2D eigenvalue weighted by Crippen LogP contribution is -2.46. The standard InChI is InChI=1S/C17H21BrClN5O/c1-5-25-14-13(18)9(2)6-7-17(14,19)11(4)24-16-12(10(3)23-24)15(20)21-8-22-16/h6-8,11,14H,5H2,1-4H3,(H2,20,21,22). The summed E-state index contributed by atoms with van der Waals surface area (Å²) >= 11 is 10.8. The van der Waals surface area contributed by atoms with Crippen LogP contribution in [0.2, 0.25) is 0 Å². The zero-order valence-electron chi connectivity index (χ0n) is 14.6. The number of alkyl halides is 1. The molecule has 0 saturated heterocycles. The van der Waals surface area contributed by atoms with Gasteiger partial charge in [0.2, 0.25) is 0 Å². The van der Waals surface area contributed by atoms with Crippen molar-refractivity contribution in [2.24, 2.45) is 0 Å². The zero-order chi connectivity index (χ0) is 18.4. The van der Waals surface area contributed by atoms with Crippen LogP contribution in [0.25, 0.3) is 11.0 Å². The number of hydrogen-bond donors (Lipinski definition) is 1. The molecule has 2 aromatic heterocycles. The number of nitrogens with two attached hydrogens (primary N) is 1. The highest BCUT2D eigenvalue weighted by Gasteiger charge is 2.46. The second-order valence-corrected chi connectivity index (χ2v) is 7.70. The Balaban J connectivity index is 2.13. The van der Waals surface area contributed by atoms with Crippen molar-refractivity contribution in [1.82, 2.24) is 19.7 Å². The van der Waals surface area contributed by atoms with E-state index in [-0.39, 0.29) is 12.1 Å². The van der Waals surface area contributed by atoms with Crippen LogP contribution in [0.1, 0.15) is 32.5 Å². The molecule has 0 aliphatic heterocycles. The highest BCUT2D eigenvalue weighted by Crippen LogP contribution is 2.45. The van der Waals surface area contributed by atoms with Crippen LogP contribution in [0.3, 0.4) is 0 Å². The Labute approximate surface area is 160 Å². The molecule has 3 unspecified atom stereocenters. The molecule has 134 valence electrons. The quantitative estimate of drug-likeness (QED) is 0.750. The average Bonchev–Trinajstić information content (AvgIpc) is 2.93. The van der Waals surface area contributed by atoms with E-state index >= 15 is 0 Å². The predicted octanol–water partition coefficient (Wildman–Crippen LogP) is 3.90. The van der Waals surface area contributed by atoms with Gasteiger partial charge in [0, 0.05) is 11.1 Å². The number of aryl methyl sites for hydroxylation is 1. The van der Waals surface area contributed by atoms with E-state index in [0.717, 1.165) is 21.1 Å². The van der Waals surface area contributed by atoms with E-state index in [1.54, 1.807) is 0 Å². The lowest BCUT2D eigenvalue weighted by molar-refractivity contribution is 0.0590. The molecule has 0 spiro atoms. The summed E-state index contributed by atoms with van der Waals surface area (Å²) in [6, 6.07) is -0.229. The van der Waals surface area contributed by atoms with E-state index in [0.29, 0.717) is 18.1 Å². The first kappa shape index (κ1) is 18.4. The molecule has 1 aliphatic carbocycles. The Bertz CT molecular complexity index is 877. The fourth-order valence-electron chi connectivity index (χ4n) is 3.17. The van der Waals surface area contributed by atoms with Gasteiger partial charge in [-0.2, -0.15) is 5.10 Å². The number of rotatable bonds is 4. The Morgan fingerprint density at radius 3 is 2.84 bits per heavy atom. The van der Waals surface area contributed by atoms with E-state index in [1.165, 1.54) is 6.33 Å². The fraction of sp³-hybridized carbons (Fsp3) is 0.471.